The molecule has 0 bridgehead atoms. The van der Waals surface area contributed by atoms with Gasteiger partial charge in [-0.1, -0.05) is 66.2 Å². The first-order valence-electron chi connectivity index (χ1n) is 16.6. The fourth-order valence-electron chi connectivity index (χ4n) is 6.61. The number of nitrogens with one attached hydrogen (secondary N) is 3. The van der Waals surface area contributed by atoms with Crippen LogP contribution in [-0.2, 0) is 19.6 Å². The van der Waals surface area contributed by atoms with E-state index in [1.807, 2.05) is 54.6 Å². The third-order valence-electron chi connectivity index (χ3n) is 9.10. The van der Waals surface area contributed by atoms with Crippen molar-refractivity contribution in [2.24, 2.45) is 0 Å². The zero-order valence-corrected chi connectivity index (χ0v) is 26.6. The molecule has 3 heterocycles. The molecule has 0 amide bonds. The van der Waals surface area contributed by atoms with Gasteiger partial charge in [0.25, 0.3) is 0 Å². The van der Waals surface area contributed by atoms with Crippen LogP contribution in [0.1, 0.15) is 51.4 Å². The normalized spacial score (nSPS) is 11.4. The summed E-state index contributed by atoms with van der Waals surface area (Å²) in [6.07, 6.45) is 17.5. The van der Waals surface area contributed by atoms with Gasteiger partial charge in [0.1, 0.15) is 0 Å². The fraction of sp³-hybridized carbons (Fsp3) is 0.275. The van der Waals surface area contributed by atoms with Crippen molar-refractivity contribution in [3.8, 4) is 0 Å². The summed E-state index contributed by atoms with van der Waals surface area (Å²) < 4.78 is 6.88. The van der Waals surface area contributed by atoms with Gasteiger partial charge in [0.05, 0.1) is 32.6 Å². The predicted molar refractivity (Wildman–Crippen MR) is 188 cm³/mol. The maximum atomic E-state index is 8.26. The highest BCUT2D eigenvalue weighted by Gasteiger charge is 2.05. The van der Waals surface area contributed by atoms with E-state index >= 15 is 0 Å². The Morgan fingerprint density at radius 3 is 1.24 bits per heavy atom. The Labute approximate surface area is 270 Å². The minimum Gasteiger partial charge on any atom is -0.347 e. The van der Waals surface area contributed by atoms with Crippen LogP contribution in [0.4, 0.5) is 0 Å². The molecule has 3 aromatic carbocycles. The summed E-state index contributed by atoms with van der Waals surface area (Å²) in [4.78, 5) is 0. The molecule has 3 N–H and O–H groups in total. The molecule has 3 aromatic heterocycles. The summed E-state index contributed by atoms with van der Waals surface area (Å²) in [6.45, 7) is 2.86. The Morgan fingerprint density at radius 2 is 0.826 bits per heavy atom. The van der Waals surface area contributed by atoms with Crippen molar-refractivity contribution in [1.82, 2.24) is 13.7 Å². The molecule has 0 unspecified atom stereocenters. The van der Waals surface area contributed by atoms with Gasteiger partial charge in [-0.15, -0.1) is 0 Å². The van der Waals surface area contributed by atoms with E-state index < -0.39 is 0 Å². The molecule has 6 aromatic rings. The van der Waals surface area contributed by atoms with E-state index in [9.17, 15) is 0 Å². The summed E-state index contributed by atoms with van der Waals surface area (Å²) in [7, 11) is 0. The van der Waals surface area contributed by atoms with Crippen molar-refractivity contribution in [2.45, 2.75) is 71.0 Å². The number of para-hydroxylation sites is 3. The number of pyridine rings is 3. The number of rotatable bonds is 14. The van der Waals surface area contributed by atoms with Crippen LogP contribution in [0.15, 0.2) is 121 Å². The van der Waals surface area contributed by atoms with Crippen LogP contribution < -0.4 is 16.1 Å². The molecule has 6 nitrogen and oxygen atoms in total. The number of aryl methyl sites for hydroxylation is 3. The Morgan fingerprint density at radius 1 is 0.457 bits per heavy atom. The highest BCUT2D eigenvalue weighted by Crippen LogP contribution is 2.20. The van der Waals surface area contributed by atoms with Gasteiger partial charge in [0.15, 0.2) is 0 Å². The molecule has 6 heteroatoms. The molecule has 0 saturated carbocycles. The standard InChI is InChI=1S/C40H44N6/c41-35-22-28-44(38-19-4-1-16-32(35)38)25-10-7-13-31(14-8-11-26-45-29-23-36(42)33-17-2-5-20-39(33)45)15-9-12-27-46-30-24-37(43)34-18-3-6-21-40(34)46/h1-6,13,16-24,28-30,41-43H,7-12,14-15,25-27H2. The monoisotopic (exact) mass is 608 g/mol. The van der Waals surface area contributed by atoms with Gasteiger partial charge in [0, 0.05) is 54.4 Å². The lowest BCUT2D eigenvalue weighted by atomic mass is 10.0. The minimum absolute atomic E-state index is 0.581. The minimum atomic E-state index is 0.581. The Hall–Kier alpha value is -4.97. The number of nitrogens with zero attached hydrogens (tertiary/aromatic N) is 3. The van der Waals surface area contributed by atoms with Gasteiger partial charge >= 0.3 is 0 Å². The third kappa shape index (κ3) is 7.28. The number of allylic oxidation sites excluding steroid dienone is 2. The van der Waals surface area contributed by atoms with E-state index in [0.29, 0.717) is 16.1 Å². The van der Waals surface area contributed by atoms with E-state index in [1.165, 1.54) is 0 Å². The molecule has 0 spiro atoms. The van der Waals surface area contributed by atoms with Crippen LogP contribution in [-0.4, -0.2) is 13.7 Å². The zero-order chi connectivity index (χ0) is 31.7. The number of hydrogen-bond donors (Lipinski definition) is 3. The molecule has 0 aliphatic carbocycles. The molecular formula is C40H44N6. The number of benzene rings is 3. The summed E-state index contributed by atoms with van der Waals surface area (Å²) in [5, 5.41) is 29.5. The molecule has 0 saturated heterocycles. The average Bonchev–Trinajstić information content (AvgIpc) is 3.09. The fourth-order valence-corrected chi connectivity index (χ4v) is 6.61. The van der Waals surface area contributed by atoms with Crippen molar-refractivity contribution in [2.75, 3.05) is 0 Å². The maximum absolute atomic E-state index is 8.26. The molecular weight excluding hydrogens is 564 g/mol. The smallest absolute Gasteiger partial charge is 0.0647 e. The first kappa shape index (κ1) is 31.0. The van der Waals surface area contributed by atoms with Crippen LogP contribution in [0.2, 0.25) is 0 Å². The number of hydrogen-bond acceptors (Lipinski definition) is 3. The molecule has 46 heavy (non-hydrogen) atoms. The molecule has 234 valence electrons. The largest absolute Gasteiger partial charge is 0.347 e. The average molecular weight is 609 g/mol. The summed E-state index contributed by atoms with van der Waals surface area (Å²) in [5.74, 6) is 0. The van der Waals surface area contributed by atoms with Crippen molar-refractivity contribution < 1.29 is 0 Å². The maximum Gasteiger partial charge on any atom is 0.0647 e. The van der Waals surface area contributed by atoms with Gasteiger partial charge in [-0.3, -0.25) is 0 Å². The number of aromatic nitrogens is 3. The number of unbranched alkanes of at least 4 members (excludes halogenated alkanes) is 3. The van der Waals surface area contributed by atoms with E-state index in [2.05, 4.69) is 74.8 Å². The van der Waals surface area contributed by atoms with Crippen molar-refractivity contribution in [1.29, 1.82) is 16.2 Å². The van der Waals surface area contributed by atoms with E-state index in [0.717, 1.165) is 104 Å². The number of fused-ring (bicyclic) bond motifs is 3. The second kappa shape index (κ2) is 14.9. The SMILES string of the molecule is N=c1ccn(CCCC=C(CCCCn2ccc(=N)c3ccccc32)CCCCn2ccc(=N)c3ccccc32)c2ccccc12. The first-order chi connectivity index (χ1) is 22.6. The zero-order valence-electron chi connectivity index (χ0n) is 26.6. The molecule has 0 aliphatic heterocycles. The second-order valence-corrected chi connectivity index (χ2v) is 12.2. The van der Waals surface area contributed by atoms with Gasteiger partial charge < -0.3 is 29.9 Å². The van der Waals surface area contributed by atoms with Gasteiger partial charge in [0.2, 0.25) is 0 Å². The van der Waals surface area contributed by atoms with Crippen LogP contribution in [0, 0.1) is 16.2 Å². The summed E-state index contributed by atoms with van der Waals surface area (Å²) >= 11 is 0. The molecule has 0 fully saturated rings. The molecule has 0 aliphatic rings. The van der Waals surface area contributed by atoms with Gasteiger partial charge in [-0.05, 0) is 87.8 Å². The third-order valence-corrected chi connectivity index (χ3v) is 9.10. The molecule has 6 rings (SSSR count). The van der Waals surface area contributed by atoms with E-state index in [1.54, 1.807) is 5.57 Å². The van der Waals surface area contributed by atoms with Crippen LogP contribution >= 0.6 is 0 Å². The lowest BCUT2D eigenvalue weighted by Gasteiger charge is -2.14. The Kier molecular flexibility index (Phi) is 10.0. The first-order valence-corrected chi connectivity index (χ1v) is 16.6. The highest BCUT2D eigenvalue weighted by molar-refractivity contribution is 5.79. The van der Waals surface area contributed by atoms with Gasteiger partial charge in [-0.2, -0.15) is 0 Å². The van der Waals surface area contributed by atoms with Crippen molar-refractivity contribution >= 4 is 32.7 Å². The van der Waals surface area contributed by atoms with Crippen LogP contribution in [0.3, 0.4) is 0 Å². The Bertz CT molecular complexity index is 2060. The highest BCUT2D eigenvalue weighted by atomic mass is 15.0. The van der Waals surface area contributed by atoms with E-state index in [-0.39, 0.29) is 0 Å². The van der Waals surface area contributed by atoms with E-state index in [4.69, 9.17) is 16.2 Å². The second-order valence-electron chi connectivity index (χ2n) is 12.2. The summed E-state index contributed by atoms with van der Waals surface area (Å²) in [6, 6.07) is 30.4. The van der Waals surface area contributed by atoms with Gasteiger partial charge in [-0.25, -0.2) is 0 Å². The Balaban J connectivity index is 1.08. The topological polar surface area (TPSA) is 86.3 Å². The van der Waals surface area contributed by atoms with Crippen LogP contribution in [0.25, 0.3) is 32.7 Å². The summed E-state index contributed by atoms with van der Waals surface area (Å²) in [5.41, 5.74) is 4.96. The van der Waals surface area contributed by atoms with Crippen molar-refractivity contribution in [3.05, 3.63) is 137 Å². The predicted octanol–water partition coefficient (Wildman–Crippen LogP) is 8.44. The quantitative estimate of drug-likeness (QED) is 0.0819. The molecule has 0 radical (unpaired) electrons. The lowest BCUT2D eigenvalue weighted by molar-refractivity contribution is 0.586. The van der Waals surface area contributed by atoms with Crippen molar-refractivity contribution in [3.63, 3.8) is 0 Å². The molecule has 0 atom stereocenters. The van der Waals surface area contributed by atoms with Crippen LogP contribution in [0.5, 0.6) is 0 Å². The lowest BCUT2D eigenvalue weighted by Crippen LogP contribution is -2.08.